The molecule has 5 rings (SSSR count). The lowest BCUT2D eigenvalue weighted by atomic mass is 9.98. The molecule has 0 radical (unpaired) electrons. The molecule has 4 heteroatoms. The summed E-state index contributed by atoms with van der Waals surface area (Å²) in [6.45, 7) is 0. The molecule has 0 amide bonds. The highest BCUT2D eigenvalue weighted by molar-refractivity contribution is 7.91. The van der Waals surface area contributed by atoms with Gasteiger partial charge < -0.3 is 0 Å². The van der Waals surface area contributed by atoms with Crippen molar-refractivity contribution in [3.05, 3.63) is 145 Å². The normalized spacial score (nSPS) is 11.5. The minimum atomic E-state index is -3.37. The van der Waals surface area contributed by atoms with E-state index < -0.39 is 17.8 Å². The number of benzene rings is 5. The van der Waals surface area contributed by atoms with E-state index >= 15 is 0 Å². The van der Waals surface area contributed by atoms with E-state index in [2.05, 4.69) is 97.1 Å². The third-order valence-electron chi connectivity index (χ3n) is 6.22. The molecule has 0 heterocycles. The van der Waals surface area contributed by atoms with E-state index in [4.69, 9.17) is 0 Å². The van der Waals surface area contributed by atoms with Crippen LogP contribution in [0, 0.1) is 0 Å². The third-order valence-corrected chi connectivity index (χ3v) is 10.5. The highest BCUT2D eigenvalue weighted by Crippen LogP contribution is 2.38. The highest BCUT2D eigenvalue weighted by atomic mass is 32.2. The van der Waals surface area contributed by atoms with Gasteiger partial charge in [0.1, 0.15) is 0 Å². The maximum Gasteiger partial charge on any atom is 0.178 e. The molecule has 0 aliphatic heterocycles. The van der Waals surface area contributed by atoms with Crippen molar-refractivity contribution in [2.75, 3.05) is 5.75 Å². The van der Waals surface area contributed by atoms with Gasteiger partial charge >= 0.3 is 0 Å². The van der Waals surface area contributed by atoms with Crippen LogP contribution in [0.1, 0.15) is 5.56 Å². The van der Waals surface area contributed by atoms with Gasteiger partial charge in [-0.25, -0.2) is 8.42 Å². The van der Waals surface area contributed by atoms with Crippen molar-refractivity contribution in [2.45, 2.75) is 11.3 Å². The van der Waals surface area contributed by atoms with Crippen LogP contribution in [0.25, 0.3) is 11.1 Å². The van der Waals surface area contributed by atoms with E-state index in [0.717, 1.165) is 16.7 Å². The zero-order chi connectivity index (χ0) is 24.8. The number of rotatable bonds is 8. The van der Waals surface area contributed by atoms with Crippen LogP contribution < -0.4 is 15.9 Å². The predicted octanol–water partition coefficient (Wildman–Crippen LogP) is 6.13. The van der Waals surface area contributed by atoms with Crippen LogP contribution in [-0.2, 0) is 16.3 Å². The summed E-state index contributed by atoms with van der Waals surface area (Å²) in [4.78, 5) is 0.375. The Kier molecular flexibility index (Phi) is 7.41. The fraction of sp³-hybridized carbons (Fsp3) is 0.0625. The second kappa shape index (κ2) is 11.0. The topological polar surface area (TPSA) is 34.1 Å². The standard InChI is InChI=1S/C32H27O2PS/c33-36(34,29-19-8-3-9-20-29)25-24-26-14-10-11-21-30(26)31-22-12-13-23-32(31)35(27-15-4-1-5-16-27)28-17-6-2-7-18-28/h1-23H,24-25H2. The van der Waals surface area contributed by atoms with E-state index in [1.54, 1.807) is 24.3 Å². The van der Waals surface area contributed by atoms with Gasteiger partial charge in [0.2, 0.25) is 0 Å². The molecule has 0 saturated carbocycles. The smallest absolute Gasteiger partial charge is 0.178 e. The molecule has 178 valence electrons. The Balaban J connectivity index is 1.57. The summed E-state index contributed by atoms with van der Waals surface area (Å²) in [5.41, 5.74) is 3.29. The summed E-state index contributed by atoms with van der Waals surface area (Å²) < 4.78 is 26.0. The van der Waals surface area contributed by atoms with Crippen LogP contribution >= 0.6 is 7.92 Å². The minimum absolute atomic E-state index is 0.0718. The van der Waals surface area contributed by atoms with Crippen molar-refractivity contribution < 1.29 is 8.42 Å². The van der Waals surface area contributed by atoms with Crippen LogP contribution in [0.3, 0.4) is 0 Å². The third kappa shape index (κ3) is 5.33. The van der Waals surface area contributed by atoms with Gasteiger partial charge in [0.15, 0.2) is 9.84 Å². The second-order valence-electron chi connectivity index (χ2n) is 8.56. The molecule has 0 aliphatic rings. The Labute approximate surface area is 215 Å². The maximum atomic E-state index is 13.0. The fourth-order valence-corrected chi connectivity index (χ4v) is 8.23. The largest absolute Gasteiger partial charge is 0.224 e. The van der Waals surface area contributed by atoms with Gasteiger partial charge in [0, 0.05) is 0 Å². The molecular formula is C32H27O2PS. The molecule has 5 aromatic carbocycles. The molecule has 0 unspecified atom stereocenters. The lowest BCUT2D eigenvalue weighted by Gasteiger charge is -2.23. The molecule has 36 heavy (non-hydrogen) atoms. The lowest BCUT2D eigenvalue weighted by molar-refractivity contribution is 0.595. The molecule has 5 aromatic rings. The van der Waals surface area contributed by atoms with Crippen LogP contribution in [-0.4, -0.2) is 14.2 Å². The van der Waals surface area contributed by atoms with Crippen molar-refractivity contribution in [1.29, 1.82) is 0 Å². The molecular weight excluding hydrogens is 479 g/mol. The van der Waals surface area contributed by atoms with Crippen LogP contribution in [0.2, 0.25) is 0 Å². The molecule has 0 aliphatic carbocycles. The first-order valence-electron chi connectivity index (χ1n) is 12.0. The van der Waals surface area contributed by atoms with Crippen molar-refractivity contribution in [3.63, 3.8) is 0 Å². The quantitative estimate of drug-likeness (QED) is 0.237. The number of hydrogen-bond donors (Lipinski definition) is 0. The summed E-state index contributed by atoms with van der Waals surface area (Å²) in [7, 11) is -4.15. The molecule has 0 aromatic heterocycles. The Morgan fingerprint density at radius 3 is 1.58 bits per heavy atom. The van der Waals surface area contributed by atoms with E-state index in [1.807, 2.05) is 18.2 Å². The van der Waals surface area contributed by atoms with E-state index in [-0.39, 0.29) is 5.75 Å². The summed E-state index contributed by atoms with van der Waals surface area (Å²) in [5.74, 6) is 0.0718. The summed E-state index contributed by atoms with van der Waals surface area (Å²) >= 11 is 0. The number of hydrogen-bond acceptors (Lipinski definition) is 2. The van der Waals surface area contributed by atoms with Gasteiger partial charge in [-0.15, -0.1) is 0 Å². The van der Waals surface area contributed by atoms with Gasteiger partial charge in [0.25, 0.3) is 0 Å². The van der Waals surface area contributed by atoms with Crippen molar-refractivity contribution in [2.24, 2.45) is 0 Å². The number of sulfone groups is 1. The molecule has 0 bridgehead atoms. The Morgan fingerprint density at radius 2 is 0.972 bits per heavy atom. The Morgan fingerprint density at radius 1 is 0.500 bits per heavy atom. The first-order valence-corrected chi connectivity index (χ1v) is 15.0. The Bertz CT molecular complexity index is 1490. The van der Waals surface area contributed by atoms with Gasteiger partial charge in [0.05, 0.1) is 10.6 Å². The van der Waals surface area contributed by atoms with E-state index in [1.165, 1.54) is 15.9 Å². The van der Waals surface area contributed by atoms with Gasteiger partial charge in [-0.05, 0) is 59.1 Å². The summed E-state index contributed by atoms with van der Waals surface area (Å²) in [5, 5.41) is 3.84. The van der Waals surface area contributed by atoms with Crippen molar-refractivity contribution >= 4 is 33.7 Å². The molecule has 0 spiro atoms. The average molecular weight is 507 g/mol. The lowest BCUT2D eigenvalue weighted by Crippen LogP contribution is -2.22. The first kappa shape index (κ1) is 24.2. The average Bonchev–Trinajstić information content (AvgIpc) is 2.94. The molecule has 2 nitrogen and oxygen atoms in total. The molecule has 0 saturated heterocycles. The fourth-order valence-electron chi connectivity index (χ4n) is 4.47. The molecule has 0 N–H and O–H groups in total. The number of aryl methyl sites for hydroxylation is 1. The van der Waals surface area contributed by atoms with Crippen LogP contribution in [0.5, 0.6) is 0 Å². The minimum Gasteiger partial charge on any atom is -0.224 e. The molecule has 0 atom stereocenters. The van der Waals surface area contributed by atoms with Crippen LogP contribution in [0.4, 0.5) is 0 Å². The van der Waals surface area contributed by atoms with E-state index in [9.17, 15) is 8.42 Å². The zero-order valence-electron chi connectivity index (χ0n) is 19.9. The highest BCUT2D eigenvalue weighted by Gasteiger charge is 2.21. The zero-order valence-corrected chi connectivity index (χ0v) is 21.6. The summed E-state index contributed by atoms with van der Waals surface area (Å²) in [6.07, 6.45) is 0.455. The summed E-state index contributed by atoms with van der Waals surface area (Å²) in [6, 6.07) is 46.8. The SMILES string of the molecule is O=S(=O)(CCc1ccccc1-c1ccccc1P(c1ccccc1)c1ccccc1)c1ccccc1. The van der Waals surface area contributed by atoms with Gasteiger partial charge in [-0.2, -0.15) is 0 Å². The predicted molar refractivity (Wildman–Crippen MR) is 153 cm³/mol. The van der Waals surface area contributed by atoms with Gasteiger partial charge in [-0.3, -0.25) is 0 Å². The second-order valence-corrected chi connectivity index (χ2v) is 12.9. The molecule has 0 fully saturated rings. The maximum absolute atomic E-state index is 13.0. The monoisotopic (exact) mass is 506 g/mol. The first-order chi connectivity index (χ1) is 17.6. The van der Waals surface area contributed by atoms with Crippen LogP contribution in [0.15, 0.2) is 144 Å². The van der Waals surface area contributed by atoms with E-state index in [0.29, 0.717) is 11.3 Å². The van der Waals surface area contributed by atoms with Crippen molar-refractivity contribution in [3.8, 4) is 11.1 Å². The van der Waals surface area contributed by atoms with Gasteiger partial charge in [-0.1, -0.05) is 127 Å². The van der Waals surface area contributed by atoms with Crippen molar-refractivity contribution in [1.82, 2.24) is 0 Å². The Hall–Kier alpha value is -3.52.